The van der Waals surface area contributed by atoms with E-state index in [2.05, 4.69) is 0 Å². The number of rotatable bonds is 11. The van der Waals surface area contributed by atoms with E-state index >= 15 is 0 Å². The number of hydrogen-bond donors (Lipinski definition) is 0. The molecular weight excluding hydrogens is 495 g/mol. The number of benzene rings is 3. The number of carbonyl (C=O) groups is 3. The Morgan fingerprint density at radius 1 is 0.778 bits per heavy atom. The lowest BCUT2D eigenvalue weighted by atomic mass is 9.83. The zero-order valence-corrected chi connectivity index (χ0v) is 22.3. The van der Waals surface area contributed by atoms with E-state index in [1.54, 1.807) is 20.8 Å². The van der Waals surface area contributed by atoms with Crippen LogP contribution in [0.1, 0.15) is 33.6 Å². The highest BCUT2D eigenvalue weighted by atomic mass is 35.5. The second-order valence-electron chi connectivity index (χ2n) is 9.33. The third-order valence-electron chi connectivity index (χ3n) is 6.07. The summed E-state index contributed by atoms with van der Waals surface area (Å²) in [5.74, 6) is -2.70. The van der Waals surface area contributed by atoms with Crippen molar-refractivity contribution in [3.63, 3.8) is 0 Å². The predicted octanol–water partition coefficient (Wildman–Crippen LogP) is 3.60. The van der Waals surface area contributed by atoms with E-state index in [0.29, 0.717) is 0 Å². The Morgan fingerprint density at radius 2 is 1.17 bits per heavy atom. The molecule has 36 heavy (non-hydrogen) atoms. The summed E-state index contributed by atoms with van der Waals surface area (Å²) in [5, 5.41) is 13.6. The summed E-state index contributed by atoms with van der Waals surface area (Å²) in [6.45, 7) is 4.99. The van der Waals surface area contributed by atoms with Crippen molar-refractivity contribution in [2.75, 3.05) is 6.61 Å². The molecule has 3 rings (SSSR count). The number of carbonyl (C=O) groups excluding carboxylic acids is 3. The summed E-state index contributed by atoms with van der Waals surface area (Å²) < 4.78 is 3.36. The van der Waals surface area contributed by atoms with Gasteiger partial charge in [0.05, 0.1) is 6.61 Å². The van der Waals surface area contributed by atoms with Gasteiger partial charge in [-0.2, -0.15) is 0 Å². The number of hydrogen-bond acceptors (Lipinski definition) is 5. The van der Waals surface area contributed by atoms with Gasteiger partial charge in [-0.25, -0.2) is 4.79 Å². The summed E-state index contributed by atoms with van der Waals surface area (Å²) >= 11 is 7.45. The average molecular weight is 525 g/mol. The van der Waals surface area contributed by atoms with Crippen LogP contribution in [0.4, 0.5) is 0 Å². The monoisotopic (exact) mass is 524 g/mol. The van der Waals surface area contributed by atoms with Crippen LogP contribution in [-0.2, 0) is 19.1 Å². The number of aliphatic carboxylic acids is 1. The number of ketones is 1. The van der Waals surface area contributed by atoms with Crippen LogP contribution >= 0.6 is 18.9 Å². The van der Waals surface area contributed by atoms with Crippen LogP contribution in [0.25, 0.3) is 0 Å². The average Bonchev–Trinajstić information content (AvgIpc) is 2.85. The number of alkyl halides is 1. The SMILES string of the molecule is CCOC(=O)C(Cl)(C(=O)CC(C)(C)CC(=O)[O-])[P+](c1ccccc1)(c1ccccc1)c1ccccc1. The van der Waals surface area contributed by atoms with Crippen molar-refractivity contribution >= 4 is 52.5 Å². The molecule has 7 heteroatoms. The minimum atomic E-state index is -3.26. The molecule has 0 heterocycles. The molecule has 1 atom stereocenters. The molecule has 0 saturated carbocycles. The van der Waals surface area contributed by atoms with Crippen LogP contribution < -0.4 is 21.0 Å². The van der Waals surface area contributed by atoms with Gasteiger partial charge in [-0.15, -0.1) is 0 Å². The van der Waals surface area contributed by atoms with Gasteiger partial charge in [0.15, 0.2) is 7.26 Å². The van der Waals surface area contributed by atoms with Crippen LogP contribution in [0.3, 0.4) is 0 Å². The van der Waals surface area contributed by atoms with E-state index in [4.69, 9.17) is 16.3 Å². The van der Waals surface area contributed by atoms with Gasteiger partial charge in [-0.3, -0.25) is 4.79 Å². The summed E-state index contributed by atoms with van der Waals surface area (Å²) in [6, 6.07) is 28.0. The molecule has 0 spiro atoms. The lowest BCUT2D eigenvalue weighted by molar-refractivity contribution is -0.307. The summed E-state index contributed by atoms with van der Waals surface area (Å²) in [5.41, 5.74) is -0.998. The van der Waals surface area contributed by atoms with E-state index in [-0.39, 0.29) is 19.4 Å². The molecule has 0 aliphatic rings. The molecule has 0 bridgehead atoms. The fourth-order valence-electron chi connectivity index (χ4n) is 4.61. The van der Waals surface area contributed by atoms with E-state index < -0.39 is 35.0 Å². The first kappa shape index (κ1) is 27.6. The maximum Gasteiger partial charge on any atom is 0.375 e. The maximum absolute atomic E-state index is 14.3. The highest BCUT2D eigenvalue weighted by Crippen LogP contribution is 2.69. The standard InChI is InChI=1S/C29H30ClO5P/c1-4-35-27(34)29(30,25(31)20-28(2,3)21-26(32)33)36(22-14-8-5-9-15-22,23-16-10-6-11-17-23)24-18-12-7-13-19-24/h5-19H,4,20-21H2,1-3H3. The van der Waals surface area contributed by atoms with E-state index in [1.165, 1.54) is 0 Å². The van der Waals surface area contributed by atoms with Crippen LogP contribution in [0.5, 0.6) is 0 Å². The summed E-state index contributed by atoms with van der Waals surface area (Å²) in [4.78, 5) is 39.6. The Balaban J connectivity index is 2.44. The Kier molecular flexibility index (Phi) is 8.71. The number of carboxylic acid groups (broad SMARTS) is 1. The smallest absolute Gasteiger partial charge is 0.375 e. The summed E-state index contributed by atoms with van der Waals surface area (Å²) in [6.07, 6.45) is -0.612. The predicted molar refractivity (Wildman–Crippen MR) is 143 cm³/mol. The lowest BCUT2D eigenvalue weighted by Gasteiger charge is -2.39. The molecule has 0 saturated heterocycles. The van der Waals surface area contributed by atoms with E-state index in [9.17, 15) is 19.5 Å². The van der Waals surface area contributed by atoms with Gasteiger partial charge in [0.25, 0.3) is 0 Å². The minimum absolute atomic E-state index is 0.0292. The van der Waals surface area contributed by atoms with Gasteiger partial charge >= 0.3 is 10.6 Å². The van der Waals surface area contributed by atoms with E-state index in [0.717, 1.165) is 15.9 Å². The van der Waals surface area contributed by atoms with Gasteiger partial charge in [-0.1, -0.05) is 80.0 Å². The van der Waals surface area contributed by atoms with Crippen LogP contribution in [0, 0.1) is 5.41 Å². The van der Waals surface area contributed by atoms with Crippen molar-refractivity contribution in [3.05, 3.63) is 91.0 Å². The van der Waals surface area contributed by atoms with Gasteiger partial charge in [0, 0.05) is 12.4 Å². The van der Waals surface area contributed by atoms with E-state index in [1.807, 2.05) is 91.0 Å². The fourth-order valence-corrected chi connectivity index (χ4v) is 10.2. The van der Waals surface area contributed by atoms with Crippen molar-refractivity contribution in [2.24, 2.45) is 5.41 Å². The molecule has 0 fully saturated rings. The van der Waals surface area contributed by atoms with Gasteiger partial charge < -0.3 is 14.6 Å². The minimum Gasteiger partial charge on any atom is -0.550 e. The first-order chi connectivity index (χ1) is 17.1. The molecule has 5 nitrogen and oxygen atoms in total. The Labute approximate surface area is 217 Å². The number of esters is 1. The molecule has 0 aromatic heterocycles. The fraction of sp³-hybridized carbons (Fsp3) is 0.276. The van der Waals surface area contributed by atoms with Crippen molar-refractivity contribution in [2.45, 2.75) is 38.2 Å². The number of ether oxygens (including phenoxy) is 1. The molecule has 0 N–H and O–H groups in total. The second kappa shape index (κ2) is 11.4. The first-order valence-corrected chi connectivity index (χ1v) is 13.9. The van der Waals surface area contributed by atoms with Gasteiger partial charge in [0.2, 0.25) is 5.78 Å². The van der Waals surface area contributed by atoms with Crippen molar-refractivity contribution in [1.29, 1.82) is 0 Å². The van der Waals surface area contributed by atoms with Gasteiger partial charge in [-0.05, 0) is 55.2 Å². The Bertz CT molecular complexity index is 1100. The molecule has 0 radical (unpaired) electrons. The topological polar surface area (TPSA) is 83.5 Å². The molecular formula is C29H30ClO5P. The van der Waals surface area contributed by atoms with Gasteiger partial charge in [0.1, 0.15) is 15.9 Å². The molecule has 0 aliphatic heterocycles. The third kappa shape index (κ3) is 5.23. The molecule has 188 valence electrons. The normalized spacial score (nSPS) is 13.4. The molecule has 1 unspecified atom stereocenters. The van der Waals surface area contributed by atoms with Crippen LogP contribution in [-0.4, -0.2) is 28.9 Å². The molecule has 0 amide bonds. The largest absolute Gasteiger partial charge is 0.550 e. The van der Waals surface area contributed by atoms with Crippen molar-refractivity contribution in [1.82, 2.24) is 0 Å². The van der Waals surface area contributed by atoms with Crippen molar-refractivity contribution < 1.29 is 24.2 Å². The number of Topliss-reactive ketones (excluding diaryl/α,β-unsaturated/α-hetero) is 1. The lowest BCUT2D eigenvalue weighted by Crippen LogP contribution is -2.55. The molecule has 3 aromatic carbocycles. The zero-order chi connectivity index (χ0) is 26.4. The maximum atomic E-state index is 14.3. The van der Waals surface area contributed by atoms with Crippen LogP contribution in [0.15, 0.2) is 91.0 Å². The van der Waals surface area contributed by atoms with Crippen LogP contribution in [0.2, 0.25) is 0 Å². The quantitative estimate of drug-likeness (QED) is 0.166. The Morgan fingerprint density at radius 3 is 1.50 bits per heavy atom. The Hall–Kier alpha value is -3.01. The molecule has 3 aromatic rings. The highest BCUT2D eigenvalue weighted by molar-refractivity contribution is 7.99. The molecule has 0 aliphatic carbocycles. The third-order valence-corrected chi connectivity index (χ3v) is 11.8. The second-order valence-corrected chi connectivity index (χ2v) is 13.7. The summed E-state index contributed by atoms with van der Waals surface area (Å²) in [7, 11) is -3.26. The number of halogens is 1. The van der Waals surface area contributed by atoms with Crippen molar-refractivity contribution in [3.8, 4) is 0 Å². The first-order valence-electron chi connectivity index (χ1n) is 11.7. The zero-order valence-electron chi connectivity index (χ0n) is 20.6. The highest BCUT2D eigenvalue weighted by Gasteiger charge is 2.72. The number of carboxylic acids is 1.